The highest BCUT2D eigenvalue weighted by Crippen LogP contribution is 2.28. The third-order valence-corrected chi connectivity index (χ3v) is 8.67. The zero-order valence-corrected chi connectivity index (χ0v) is 24.9. The van der Waals surface area contributed by atoms with E-state index in [1.54, 1.807) is 12.0 Å². The Hall–Kier alpha value is -4.45. The number of nitrogens with zero attached hydrogens (tertiary/aromatic N) is 4. The van der Waals surface area contributed by atoms with Crippen LogP contribution in [0, 0.1) is 5.82 Å². The Morgan fingerprint density at radius 3 is 2.50 bits per heavy atom. The van der Waals surface area contributed by atoms with E-state index in [1.165, 1.54) is 12.1 Å². The second-order valence-corrected chi connectivity index (χ2v) is 11.3. The van der Waals surface area contributed by atoms with Crippen LogP contribution in [0.2, 0.25) is 5.02 Å². The minimum absolute atomic E-state index is 0.0190. The maximum absolute atomic E-state index is 14.2. The number of halogens is 2. The Bertz CT molecular complexity index is 1730. The maximum Gasteiger partial charge on any atom is 0.331 e. The third-order valence-electron chi connectivity index (χ3n) is 8.29. The van der Waals surface area contributed by atoms with Crippen LogP contribution in [0.1, 0.15) is 30.4 Å². The molecule has 0 aliphatic carbocycles. The van der Waals surface area contributed by atoms with Gasteiger partial charge in [-0.15, -0.1) is 0 Å². The van der Waals surface area contributed by atoms with Crippen LogP contribution in [0.5, 0.6) is 5.75 Å². The van der Waals surface area contributed by atoms with Crippen LogP contribution in [-0.2, 0) is 40.3 Å². The molecule has 3 aromatic rings. The van der Waals surface area contributed by atoms with E-state index in [9.17, 15) is 28.4 Å². The molecule has 1 fully saturated rings. The van der Waals surface area contributed by atoms with Gasteiger partial charge in [-0.2, -0.15) is 0 Å². The van der Waals surface area contributed by atoms with Crippen LogP contribution >= 0.6 is 11.6 Å². The van der Waals surface area contributed by atoms with E-state index in [0.717, 1.165) is 38.3 Å². The lowest BCUT2D eigenvalue weighted by Gasteiger charge is -2.38. The molecule has 0 spiro atoms. The maximum atomic E-state index is 14.2. The van der Waals surface area contributed by atoms with Crippen molar-refractivity contribution in [2.24, 2.45) is 0 Å². The predicted octanol–water partition coefficient (Wildman–Crippen LogP) is 2.57. The molecule has 11 nitrogen and oxygen atoms in total. The van der Waals surface area contributed by atoms with E-state index in [2.05, 4.69) is 0 Å². The first-order valence-corrected chi connectivity index (χ1v) is 14.7. The highest BCUT2D eigenvalue weighted by Gasteiger charge is 2.32. The number of hydrogen-bond acceptors (Lipinski definition) is 6. The van der Waals surface area contributed by atoms with Crippen molar-refractivity contribution in [3.63, 3.8) is 0 Å². The molecule has 5 rings (SSSR count). The second-order valence-electron chi connectivity index (χ2n) is 10.9. The summed E-state index contributed by atoms with van der Waals surface area (Å²) >= 11 is 6.12. The number of rotatable bonds is 8. The number of amides is 2. The number of piperidine rings is 1. The van der Waals surface area contributed by atoms with Gasteiger partial charge in [0, 0.05) is 44.0 Å². The van der Waals surface area contributed by atoms with Gasteiger partial charge in [-0.3, -0.25) is 28.3 Å². The summed E-state index contributed by atoms with van der Waals surface area (Å²) in [6.07, 6.45) is 2.79. The normalized spacial score (nSPS) is 15.6. The summed E-state index contributed by atoms with van der Waals surface area (Å²) in [6, 6.07) is 9.59. The fraction of sp³-hybridized carbons (Fsp3) is 0.387. The number of carbonyl (C=O) groups is 3. The van der Waals surface area contributed by atoms with Gasteiger partial charge < -0.3 is 19.6 Å². The standard InChI is InChI=1S/C31H32ClFN4O7/c1-44-22-6-5-19-16-26(38)36(13-7-20(19)15-22)21-8-11-34(12-9-21)27(39)18-35-17-24(23-3-2-4-25(33)29(23)32)30(42)37(31(35)43)14-10-28(40)41/h2-6,15,17,21H,7-14,16,18H2,1H3,(H,40,41). The van der Waals surface area contributed by atoms with Gasteiger partial charge in [-0.25, -0.2) is 9.18 Å². The molecule has 1 saturated heterocycles. The van der Waals surface area contributed by atoms with Crippen molar-refractivity contribution in [1.82, 2.24) is 18.9 Å². The molecular weight excluding hydrogens is 595 g/mol. The quantitative estimate of drug-likeness (QED) is 0.407. The number of aliphatic carboxylic acids is 1. The van der Waals surface area contributed by atoms with Crippen LogP contribution in [0.3, 0.4) is 0 Å². The number of carbonyl (C=O) groups excluding carboxylic acids is 2. The van der Waals surface area contributed by atoms with Crippen LogP contribution in [-0.4, -0.2) is 74.6 Å². The lowest BCUT2D eigenvalue weighted by Crippen LogP contribution is -2.50. The van der Waals surface area contributed by atoms with E-state index in [0.29, 0.717) is 45.3 Å². The molecule has 13 heteroatoms. The Morgan fingerprint density at radius 1 is 1.05 bits per heavy atom. The van der Waals surface area contributed by atoms with Gasteiger partial charge >= 0.3 is 11.7 Å². The molecule has 2 amide bonds. The van der Waals surface area contributed by atoms with E-state index >= 15 is 0 Å². The average Bonchev–Trinajstić information content (AvgIpc) is 3.17. The van der Waals surface area contributed by atoms with Gasteiger partial charge in [0.2, 0.25) is 11.8 Å². The van der Waals surface area contributed by atoms with Crippen molar-refractivity contribution in [2.75, 3.05) is 26.7 Å². The molecule has 0 atom stereocenters. The zero-order chi connectivity index (χ0) is 31.5. The van der Waals surface area contributed by atoms with Crippen molar-refractivity contribution in [1.29, 1.82) is 0 Å². The second kappa shape index (κ2) is 13.0. The van der Waals surface area contributed by atoms with Gasteiger partial charge in [0.15, 0.2) is 0 Å². The first kappa shape index (κ1) is 31.0. The Labute approximate surface area is 257 Å². The number of likely N-dealkylation sites (tertiary alicyclic amines) is 1. The monoisotopic (exact) mass is 626 g/mol. The van der Waals surface area contributed by atoms with E-state index in [-0.39, 0.29) is 34.0 Å². The van der Waals surface area contributed by atoms with E-state index in [4.69, 9.17) is 21.4 Å². The first-order valence-electron chi connectivity index (χ1n) is 14.3. The number of methoxy groups -OCH3 is 1. The van der Waals surface area contributed by atoms with Crippen molar-refractivity contribution in [2.45, 2.75) is 51.2 Å². The molecule has 0 radical (unpaired) electrons. The van der Waals surface area contributed by atoms with Crippen LogP contribution in [0.15, 0.2) is 52.2 Å². The number of carboxylic acid groups (broad SMARTS) is 1. The van der Waals surface area contributed by atoms with Crippen molar-refractivity contribution in [3.05, 3.63) is 85.4 Å². The number of benzene rings is 2. The molecular formula is C31H32ClFN4O7. The molecule has 0 unspecified atom stereocenters. The lowest BCUT2D eigenvalue weighted by molar-refractivity contribution is -0.138. The molecule has 1 N–H and O–H groups in total. The molecule has 2 aliphatic heterocycles. The highest BCUT2D eigenvalue weighted by atomic mass is 35.5. The largest absolute Gasteiger partial charge is 0.497 e. The van der Waals surface area contributed by atoms with Gasteiger partial charge in [-0.1, -0.05) is 29.8 Å². The van der Waals surface area contributed by atoms with Gasteiger partial charge in [0.05, 0.1) is 30.5 Å². The smallest absolute Gasteiger partial charge is 0.331 e. The van der Waals surface area contributed by atoms with Crippen molar-refractivity contribution >= 4 is 29.4 Å². The van der Waals surface area contributed by atoms with E-state index < -0.39 is 42.5 Å². The molecule has 2 aliphatic rings. The highest BCUT2D eigenvalue weighted by molar-refractivity contribution is 6.33. The SMILES string of the molecule is COc1ccc2c(c1)CCN(C1CCN(C(=O)Cn3cc(-c4cccc(F)c4Cl)c(=O)n(CCC(=O)O)c3=O)CC1)C(=O)C2. The number of carboxylic acids is 1. The van der Waals surface area contributed by atoms with Crippen LogP contribution in [0.25, 0.3) is 11.1 Å². The van der Waals surface area contributed by atoms with E-state index in [1.807, 2.05) is 23.1 Å². The topological polar surface area (TPSA) is 131 Å². The van der Waals surface area contributed by atoms with Crippen molar-refractivity contribution < 1.29 is 28.6 Å². The molecule has 232 valence electrons. The number of hydrogen-bond donors (Lipinski definition) is 1. The minimum atomic E-state index is -1.22. The summed E-state index contributed by atoms with van der Waals surface area (Å²) < 4.78 is 21.3. The molecule has 0 saturated carbocycles. The molecule has 1 aromatic heterocycles. The predicted molar refractivity (Wildman–Crippen MR) is 159 cm³/mol. The third kappa shape index (κ3) is 6.40. The summed E-state index contributed by atoms with van der Waals surface area (Å²) in [4.78, 5) is 67.6. The number of ether oxygens (including phenoxy) is 1. The van der Waals surface area contributed by atoms with Crippen molar-refractivity contribution in [3.8, 4) is 16.9 Å². The minimum Gasteiger partial charge on any atom is -0.497 e. The number of fused-ring (bicyclic) bond motifs is 1. The number of aromatic nitrogens is 2. The molecule has 3 heterocycles. The summed E-state index contributed by atoms with van der Waals surface area (Å²) in [5.41, 5.74) is 0.259. The van der Waals surface area contributed by atoms with Gasteiger partial charge in [-0.05, 0) is 48.6 Å². The van der Waals surface area contributed by atoms with Crippen LogP contribution in [0.4, 0.5) is 4.39 Å². The Kier molecular flexibility index (Phi) is 9.19. The summed E-state index contributed by atoms with van der Waals surface area (Å²) in [7, 11) is 1.61. The Balaban J connectivity index is 1.31. The Morgan fingerprint density at radius 2 is 1.80 bits per heavy atom. The first-order chi connectivity index (χ1) is 21.1. The lowest BCUT2D eigenvalue weighted by atomic mass is 10.0. The summed E-state index contributed by atoms with van der Waals surface area (Å²) in [5, 5.41) is 8.80. The molecule has 0 bridgehead atoms. The van der Waals surface area contributed by atoms with Gasteiger partial charge in [0.1, 0.15) is 18.1 Å². The fourth-order valence-electron chi connectivity index (χ4n) is 5.89. The summed E-state index contributed by atoms with van der Waals surface area (Å²) in [5.74, 6) is -1.59. The fourth-order valence-corrected chi connectivity index (χ4v) is 6.12. The van der Waals surface area contributed by atoms with Gasteiger partial charge in [0.25, 0.3) is 5.56 Å². The molecule has 2 aromatic carbocycles. The molecule has 44 heavy (non-hydrogen) atoms. The average molecular weight is 627 g/mol. The summed E-state index contributed by atoms with van der Waals surface area (Å²) in [6.45, 7) is 0.439. The van der Waals surface area contributed by atoms with Crippen LogP contribution < -0.4 is 16.0 Å². The zero-order valence-electron chi connectivity index (χ0n) is 24.1.